The summed E-state index contributed by atoms with van der Waals surface area (Å²) < 4.78 is 0. The second-order valence-electron chi connectivity index (χ2n) is 8.98. The van der Waals surface area contributed by atoms with E-state index in [0.717, 1.165) is 33.2 Å². The molecule has 0 aromatic heterocycles. The van der Waals surface area contributed by atoms with Gasteiger partial charge >= 0.3 is 0 Å². The van der Waals surface area contributed by atoms with Gasteiger partial charge < -0.3 is 5.32 Å². The van der Waals surface area contributed by atoms with Gasteiger partial charge in [0.15, 0.2) is 5.78 Å². The zero-order valence-corrected chi connectivity index (χ0v) is 16.9. The van der Waals surface area contributed by atoms with Crippen LogP contribution in [0, 0.1) is 15.5 Å². The molecular weight excluding hydrogens is 376 g/mol. The molecule has 0 radical (unpaired) electrons. The molecule has 0 fully saturated rings. The Balaban J connectivity index is 1.79. The van der Waals surface area contributed by atoms with Crippen molar-refractivity contribution in [2.45, 2.75) is 32.7 Å². The highest BCUT2D eigenvalue weighted by Crippen LogP contribution is 2.51. The first kappa shape index (κ1) is 18.6. The monoisotopic (exact) mass is 398 g/mol. The fraction of sp³-hybridized carbons (Fsp3) is 0.240. The molecule has 5 rings (SSSR count). The van der Waals surface area contributed by atoms with Gasteiger partial charge in [0.2, 0.25) is 0 Å². The SMILES string of the molecule is CC1(C)CC(=O)C2=C(C1)[C@@H](c1ccccc1[N+](=O)[O-])Nc1cc3ccccc3cc12. The largest absolute Gasteiger partial charge is 0.374 e. The van der Waals surface area contributed by atoms with E-state index in [-0.39, 0.29) is 21.8 Å². The third kappa shape index (κ3) is 2.89. The molecule has 30 heavy (non-hydrogen) atoms. The Morgan fingerprint density at radius 1 is 1.00 bits per heavy atom. The zero-order valence-electron chi connectivity index (χ0n) is 16.9. The maximum Gasteiger partial charge on any atom is 0.275 e. The molecule has 1 aliphatic heterocycles. The van der Waals surface area contributed by atoms with Crippen molar-refractivity contribution in [3.8, 4) is 0 Å². The molecule has 1 N–H and O–H groups in total. The van der Waals surface area contributed by atoms with Crippen molar-refractivity contribution in [2.24, 2.45) is 5.41 Å². The van der Waals surface area contributed by atoms with Crippen LogP contribution < -0.4 is 5.32 Å². The highest BCUT2D eigenvalue weighted by Gasteiger charge is 2.41. The summed E-state index contributed by atoms with van der Waals surface area (Å²) in [5.41, 5.74) is 3.92. The number of nitro groups is 1. The molecule has 0 spiro atoms. The van der Waals surface area contributed by atoms with Crippen LogP contribution in [0.25, 0.3) is 16.3 Å². The molecule has 1 heterocycles. The van der Waals surface area contributed by atoms with Crippen molar-refractivity contribution in [2.75, 3.05) is 5.32 Å². The Bertz CT molecular complexity index is 1260. The van der Waals surface area contributed by atoms with Crippen LogP contribution in [0.15, 0.2) is 66.2 Å². The Hall–Kier alpha value is -3.47. The number of benzene rings is 3. The summed E-state index contributed by atoms with van der Waals surface area (Å²) in [6.07, 6.45) is 1.19. The number of carbonyl (C=O) groups excluding carboxylic acids is 1. The highest BCUT2D eigenvalue weighted by molar-refractivity contribution is 6.25. The Kier molecular flexibility index (Phi) is 4.03. The summed E-state index contributed by atoms with van der Waals surface area (Å²) in [5.74, 6) is 0.114. The first-order chi connectivity index (χ1) is 14.3. The summed E-state index contributed by atoms with van der Waals surface area (Å²) in [5, 5.41) is 17.4. The van der Waals surface area contributed by atoms with Crippen LogP contribution in [0.2, 0.25) is 0 Å². The van der Waals surface area contributed by atoms with Gasteiger partial charge in [-0.1, -0.05) is 50.2 Å². The van der Waals surface area contributed by atoms with Crippen LogP contribution in [-0.4, -0.2) is 10.7 Å². The maximum atomic E-state index is 13.3. The number of nitro benzene ring substituents is 1. The third-order valence-corrected chi connectivity index (χ3v) is 6.16. The first-order valence-electron chi connectivity index (χ1n) is 10.1. The molecule has 5 nitrogen and oxygen atoms in total. The van der Waals surface area contributed by atoms with Crippen LogP contribution in [0.3, 0.4) is 0 Å². The van der Waals surface area contributed by atoms with Crippen molar-refractivity contribution < 1.29 is 9.72 Å². The van der Waals surface area contributed by atoms with E-state index in [2.05, 4.69) is 25.2 Å². The van der Waals surface area contributed by atoms with Crippen molar-refractivity contribution >= 4 is 33.5 Å². The quantitative estimate of drug-likeness (QED) is 0.421. The lowest BCUT2D eigenvalue weighted by atomic mass is 9.68. The van der Waals surface area contributed by atoms with Gasteiger partial charge in [0.25, 0.3) is 5.69 Å². The summed E-state index contributed by atoms with van der Waals surface area (Å²) in [4.78, 5) is 24.7. The van der Waals surface area contributed by atoms with Crippen molar-refractivity contribution in [3.63, 3.8) is 0 Å². The fourth-order valence-corrected chi connectivity index (χ4v) is 4.91. The van der Waals surface area contributed by atoms with Crippen LogP contribution in [-0.2, 0) is 4.79 Å². The van der Waals surface area contributed by atoms with Crippen molar-refractivity contribution in [1.82, 2.24) is 0 Å². The number of rotatable bonds is 2. The minimum Gasteiger partial charge on any atom is -0.374 e. The van der Waals surface area contributed by atoms with E-state index in [9.17, 15) is 14.9 Å². The molecule has 1 atom stereocenters. The van der Waals surface area contributed by atoms with Gasteiger partial charge in [-0.05, 0) is 46.4 Å². The van der Waals surface area contributed by atoms with Crippen LogP contribution in [0.5, 0.6) is 0 Å². The molecule has 0 saturated carbocycles. The van der Waals surface area contributed by atoms with Gasteiger partial charge in [-0.2, -0.15) is 0 Å². The molecule has 0 amide bonds. The zero-order chi connectivity index (χ0) is 21.0. The predicted octanol–water partition coefficient (Wildman–Crippen LogP) is 6.06. The van der Waals surface area contributed by atoms with Gasteiger partial charge in [0, 0.05) is 29.3 Å². The van der Waals surface area contributed by atoms with Gasteiger partial charge in [0.1, 0.15) is 0 Å². The minimum absolute atomic E-state index is 0.0712. The van der Waals surface area contributed by atoms with Gasteiger partial charge in [-0.25, -0.2) is 0 Å². The number of allylic oxidation sites excluding steroid dienone is 1. The number of Topliss-reactive ketones (excluding diaryl/α,β-unsaturated/α-hetero) is 1. The summed E-state index contributed by atoms with van der Waals surface area (Å²) in [7, 11) is 0. The van der Waals surface area contributed by atoms with Crippen LogP contribution in [0.1, 0.15) is 43.9 Å². The van der Waals surface area contributed by atoms with Crippen LogP contribution >= 0.6 is 0 Å². The number of fused-ring (bicyclic) bond motifs is 3. The first-order valence-corrected chi connectivity index (χ1v) is 10.1. The molecular formula is C25H22N2O3. The third-order valence-electron chi connectivity index (χ3n) is 6.16. The molecule has 150 valence electrons. The lowest BCUT2D eigenvalue weighted by Crippen LogP contribution is -2.32. The summed E-state index contributed by atoms with van der Waals surface area (Å²) >= 11 is 0. The molecule has 1 aliphatic carbocycles. The standard InChI is InChI=1S/C25H22N2O3/c1-25(2)13-19-23(22(28)14-25)18-11-15-7-3-4-8-16(15)12-20(18)26-24(19)17-9-5-6-10-21(17)27(29)30/h3-12,24,26H,13-14H2,1-2H3/t24-/m1/s1. The average molecular weight is 398 g/mol. The maximum absolute atomic E-state index is 13.3. The second-order valence-corrected chi connectivity index (χ2v) is 8.98. The predicted molar refractivity (Wildman–Crippen MR) is 118 cm³/mol. The van der Waals surface area contributed by atoms with Crippen LogP contribution in [0.4, 0.5) is 11.4 Å². The van der Waals surface area contributed by atoms with E-state index in [1.165, 1.54) is 6.07 Å². The Morgan fingerprint density at radius 2 is 1.67 bits per heavy atom. The number of hydrogen-bond donors (Lipinski definition) is 1. The van der Waals surface area contributed by atoms with E-state index in [1.807, 2.05) is 36.4 Å². The van der Waals surface area contributed by atoms with Gasteiger partial charge in [-0.15, -0.1) is 0 Å². The molecule has 3 aromatic carbocycles. The van der Waals surface area contributed by atoms with Gasteiger partial charge in [0.05, 0.1) is 16.5 Å². The molecule has 5 heteroatoms. The normalized spacial score (nSPS) is 19.8. The smallest absolute Gasteiger partial charge is 0.275 e. The average Bonchev–Trinajstić information content (AvgIpc) is 2.70. The summed E-state index contributed by atoms with van der Waals surface area (Å²) in [6, 6.07) is 18.6. The Morgan fingerprint density at radius 3 is 2.40 bits per heavy atom. The number of carbonyl (C=O) groups is 1. The van der Waals surface area contributed by atoms with E-state index < -0.39 is 6.04 Å². The van der Waals surface area contributed by atoms with Gasteiger partial charge in [-0.3, -0.25) is 14.9 Å². The lowest BCUT2D eigenvalue weighted by molar-refractivity contribution is -0.385. The minimum atomic E-state index is -0.404. The number of nitrogens with zero attached hydrogens (tertiary/aromatic N) is 1. The molecule has 0 saturated heterocycles. The van der Waals surface area contributed by atoms with E-state index in [4.69, 9.17) is 0 Å². The lowest BCUT2D eigenvalue weighted by Gasteiger charge is -2.40. The van der Waals surface area contributed by atoms with E-state index in [0.29, 0.717) is 18.4 Å². The second kappa shape index (κ2) is 6.52. The fourth-order valence-electron chi connectivity index (χ4n) is 4.91. The van der Waals surface area contributed by atoms with Crippen molar-refractivity contribution in [1.29, 1.82) is 0 Å². The molecule has 3 aromatic rings. The number of anilines is 1. The Labute approximate surface area is 174 Å². The molecule has 0 bridgehead atoms. The number of hydrogen-bond acceptors (Lipinski definition) is 4. The number of ketones is 1. The highest BCUT2D eigenvalue weighted by atomic mass is 16.6. The topological polar surface area (TPSA) is 72.2 Å². The van der Waals surface area contributed by atoms with E-state index in [1.54, 1.807) is 12.1 Å². The van der Waals surface area contributed by atoms with Crippen molar-refractivity contribution in [3.05, 3.63) is 87.5 Å². The molecule has 2 aliphatic rings. The summed E-state index contributed by atoms with van der Waals surface area (Å²) in [6.45, 7) is 4.17. The number of nitrogens with one attached hydrogen (secondary N) is 1. The number of para-hydroxylation sites is 1. The van der Waals surface area contributed by atoms with E-state index >= 15 is 0 Å². The molecule has 0 unspecified atom stereocenters.